The quantitative estimate of drug-likeness (QED) is 0.574. The van der Waals surface area contributed by atoms with Crippen molar-refractivity contribution in [1.29, 1.82) is 0 Å². The van der Waals surface area contributed by atoms with Crippen LogP contribution in [0.3, 0.4) is 0 Å². The van der Waals surface area contributed by atoms with E-state index in [-0.39, 0.29) is 11.8 Å². The van der Waals surface area contributed by atoms with Crippen LogP contribution in [0.15, 0.2) is 12.2 Å². The van der Waals surface area contributed by atoms with Crippen LogP contribution in [-0.4, -0.2) is 11.1 Å². The molecule has 0 aromatic carbocycles. The number of carboxylic acid groups (broad SMARTS) is 1. The van der Waals surface area contributed by atoms with Gasteiger partial charge in [0.2, 0.25) is 0 Å². The van der Waals surface area contributed by atoms with E-state index in [4.69, 9.17) is 5.11 Å². The van der Waals surface area contributed by atoms with Gasteiger partial charge in [0.05, 0.1) is 5.92 Å². The first kappa shape index (κ1) is 6.89. The van der Waals surface area contributed by atoms with E-state index in [1.165, 1.54) is 0 Å². The van der Waals surface area contributed by atoms with Crippen LogP contribution in [0.2, 0.25) is 0 Å². The standard InChI is InChI=1S/C9H11O2/c1-5-6-2-3-7(5)8(4-6)9(10)11/h2-8H,1H3,(H,10,11). The van der Waals surface area contributed by atoms with E-state index in [0.29, 0.717) is 11.8 Å². The molecule has 0 aromatic rings. The van der Waals surface area contributed by atoms with Gasteiger partial charge in [-0.2, -0.15) is 0 Å². The second-order valence-electron chi connectivity index (χ2n) is 3.46. The second kappa shape index (κ2) is 2.10. The third-order valence-corrected chi connectivity index (χ3v) is 2.90. The first-order valence-electron chi connectivity index (χ1n) is 3.96. The van der Waals surface area contributed by atoms with Crippen LogP contribution in [0.1, 0.15) is 6.92 Å². The van der Waals surface area contributed by atoms with Gasteiger partial charge in [-0.05, 0) is 24.2 Å². The Kier molecular flexibility index (Phi) is 1.31. The van der Waals surface area contributed by atoms with Crippen molar-refractivity contribution in [3.63, 3.8) is 0 Å². The molecule has 1 saturated carbocycles. The molecule has 1 fully saturated rings. The van der Waals surface area contributed by atoms with Gasteiger partial charge in [0, 0.05) is 0 Å². The van der Waals surface area contributed by atoms with Crippen LogP contribution in [0.5, 0.6) is 0 Å². The van der Waals surface area contributed by atoms with Crippen molar-refractivity contribution in [2.75, 3.05) is 0 Å². The average Bonchev–Trinajstić information content (AvgIpc) is 2.46. The minimum absolute atomic E-state index is 0.222. The summed E-state index contributed by atoms with van der Waals surface area (Å²) >= 11 is 0. The molecule has 2 rings (SSSR count). The number of aliphatic carboxylic acids is 1. The highest BCUT2D eigenvalue weighted by atomic mass is 16.4. The van der Waals surface area contributed by atoms with E-state index in [9.17, 15) is 4.79 Å². The van der Waals surface area contributed by atoms with Crippen LogP contribution < -0.4 is 0 Å². The summed E-state index contributed by atoms with van der Waals surface area (Å²) in [4.78, 5) is 10.7. The molecule has 2 nitrogen and oxygen atoms in total. The lowest BCUT2D eigenvalue weighted by Gasteiger charge is -2.12. The molecule has 0 amide bonds. The number of hydrogen-bond acceptors (Lipinski definition) is 1. The maximum atomic E-state index is 10.7. The van der Waals surface area contributed by atoms with Gasteiger partial charge in [-0.15, -0.1) is 0 Å². The molecule has 2 bridgehead atoms. The van der Waals surface area contributed by atoms with Gasteiger partial charge in [0.25, 0.3) is 0 Å². The Bertz CT molecular complexity index is 220. The van der Waals surface area contributed by atoms with Gasteiger partial charge in [-0.1, -0.05) is 19.1 Å². The normalized spacial score (nSPS) is 46.6. The van der Waals surface area contributed by atoms with Crippen molar-refractivity contribution in [1.82, 2.24) is 0 Å². The van der Waals surface area contributed by atoms with Crippen molar-refractivity contribution < 1.29 is 9.90 Å². The highest BCUT2D eigenvalue weighted by molar-refractivity contribution is 5.73. The Morgan fingerprint density at radius 3 is 2.45 bits per heavy atom. The Morgan fingerprint density at radius 2 is 2.18 bits per heavy atom. The predicted molar refractivity (Wildman–Crippen MR) is 40.7 cm³/mol. The van der Waals surface area contributed by atoms with E-state index in [0.717, 1.165) is 0 Å². The zero-order chi connectivity index (χ0) is 8.01. The summed E-state index contributed by atoms with van der Waals surface area (Å²) < 4.78 is 0. The van der Waals surface area contributed by atoms with Gasteiger partial charge >= 0.3 is 5.97 Å². The fraction of sp³-hybridized carbons (Fsp3) is 0.556. The minimum Gasteiger partial charge on any atom is -0.481 e. The zero-order valence-corrected chi connectivity index (χ0v) is 6.40. The van der Waals surface area contributed by atoms with Crippen LogP contribution in [0.25, 0.3) is 0 Å². The minimum atomic E-state index is -0.672. The molecule has 2 heteroatoms. The summed E-state index contributed by atoms with van der Waals surface area (Å²) in [6.07, 6.45) is 6.13. The van der Waals surface area contributed by atoms with E-state index in [1.54, 1.807) is 0 Å². The highest BCUT2D eigenvalue weighted by Gasteiger charge is 2.45. The molecular formula is C9H11O2. The summed E-state index contributed by atoms with van der Waals surface area (Å²) in [7, 11) is 0. The number of hydrogen-bond donors (Lipinski definition) is 1. The molecular weight excluding hydrogens is 140 g/mol. The number of rotatable bonds is 1. The molecule has 1 N–H and O–H groups in total. The third-order valence-electron chi connectivity index (χ3n) is 2.90. The summed E-state index contributed by atoms with van der Waals surface area (Å²) in [6.45, 7) is 2.12. The summed E-state index contributed by atoms with van der Waals surface area (Å²) in [6, 6.07) is 0. The number of allylic oxidation sites excluding steroid dienone is 2. The van der Waals surface area contributed by atoms with Crippen molar-refractivity contribution in [2.24, 2.45) is 23.7 Å². The molecule has 1 radical (unpaired) electrons. The first-order valence-corrected chi connectivity index (χ1v) is 3.96. The molecule has 59 valence electrons. The molecule has 4 unspecified atom stereocenters. The maximum Gasteiger partial charge on any atom is 0.307 e. The van der Waals surface area contributed by atoms with Crippen molar-refractivity contribution in [2.45, 2.75) is 6.92 Å². The molecule has 0 aliphatic heterocycles. The van der Waals surface area contributed by atoms with Crippen LogP contribution in [-0.2, 0) is 4.79 Å². The van der Waals surface area contributed by atoms with Crippen LogP contribution >= 0.6 is 0 Å². The fourth-order valence-electron chi connectivity index (χ4n) is 2.16. The largest absolute Gasteiger partial charge is 0.481 e. The molecule has 11 heavy (non-hydrogen) atoms. The Morgan fingerprint density at radius 1 is 1.45 bits per heavy atom. The fourth-order valence-corrected chi connectivity index (χ4v) is 2.16. The van der Waals surface area contributed by atoms with Crippen molar-refractivity contribution in [3.05, 3.63) is 18.6 Å². The van der Waals surface area contributed by atoms with Crippen LogP contribution in [0.4, 0.5) is 0 Å². The summed E-state index contributed by atoms with van der Waals surface area (Å²) in [5, 5.41) is 8.79. The Hall–Kier alpha value is -0.790. The first-order chi connectivity index (χ1) is 5.20. The zero-order valence-electron chi connectivity index (χ0n) is 6.40. The van der Waals surface area contributed by atoms with Gasteiger partial charge in [0.15, 0.2) is 0 Å². The van der Waals surface area contributed by atoms with Gasteiger partial charge < -0.3 is 5.11 Å². The smallest absolute Gasteiger partial charge is 0.307 e. The van der Waals surface area contributed by atoms with Gasteiger partial charge in [0.1, 0.15) is 0 Å². The lowest BCUT2D eigenvalue weighted by atomic mass is 9.92. The monoisotopic (exact) mass is 151 g/mol. The molecule has 0 spiro atoms. The number of carboxylic acids is 1. The molecule has 0 saturated heterocycles. The van der Waals surface area contributed by atoms with Gasteiger partial charge in [-0.25, -0.2) is 0 Å². The van der Waals surface area contributed by atoms with Gasteiger partial charge in [-0.3, -0.25) is 4.79 Å². The van der Waals surface area contributed by atoms with Crippen LogP contribution in [0, 0.1) is 30.1 Å². The molecule has 2 aliphatic carbocycles. The Labute approximate surface area is 65.9 Å². The lowest BCUT2D eigenvalue weighted by molar-refractivity contribution is -0.141. The van der Waals surface area contributed by atoms with E-state index in [1.807, 2.05) is 12.5 Å². The third kappa shape index (κ3) is 0.817. The van der Waals surface area contributed by atoms with Crippen molar-refractivity contribution in [3.8, 4) is 0 Å². The Balaban J connectivity index is 2.21. The SMILES string of the molecule is CC1C2[CH]C(C(=O)O)C1C=C2. The molecule has 4 atom stereocenters. The van der Waals surface area contributed by atoms with E-state index < -0.39 is 5.97 Å². The van der Waals surface area contributed by atoms with E-state index >= 15 is 0 Å². The lowest BCUT2D eigenvalue weighted by Crippen LogP contribution is -2.19. The number of carbonyl (C=O) groups is 1. The topological polar surface area (TPSA) is 37.3 Å². The molecule has 0 aromatic heterocycles. The maximum absolute atomic E-state index is 10.7. The van der Waals surface area contributed by atoms with Crippen molar-refractivity contribution >= 4 is 5.97 Å². The predicted octanol–water partition coefficient (Wildman–Crippen LogP) is 1.34. The van der Waals surface area contributed by atoms with E-state index in [2.05, 4.69) is 13.0 Å². The number of fused-ring (bicyclic) bond motifs is 2. The highest BCUT2D eigenvalue weighted by Crippen LogP contribution is 2.47. The average molecular weight is 151 g/mol. The summed E-state index contributed by atoms with van der Waals surface area (Å²) in [5.74, 6) is 0.295. The molecule has 0 heterocycles. The molecule has 2 aliphatic rings. The second-order valence-corrected chi connectivity index (χ2v) is 3.46. The summed E-state index contributed by atoms with van der Waals surface area (Å²) in [5.41, 5.74) is 0.